The molecule has 0 aliphatic carbocycles. The summed E-state index contributed by atoms with van der Waals surface area (Å²) in [7, 11) is 1.58. The van der Waals surface area contributed by atoms with Crippen LogP contribution in [0.15, 0.2) is 21.6 Å². The van der Waals surface area contributed by atoms with Crippen molar-refractivity contribution in [3.63, 3.8) is 0 Å². The third-order valence-corrected chi connectivity index (χ3v) is 2.67. The van der Waals surface area contributed by atoms with Gasteiger partial charge in [-0.25, -0.2) is 4.99 Å². The number of nitrogens with zero attached hydrogens (tertiary/aromatic N) is 1. The number of ether oxygens (including phenoxy) is 1. The Balaban J connectivity index is 2.68. The van der Waals surface area contributed by atoms with Gasteiger partial charge in [0, 0.05) is 15.6 Å². The van der Waals surface area contributed by atoms with Crippen LogP contribution in [-0.4, -0.2) is 18.8 Å². The van der Waals surface area contributed by atoms with Crippen molar-refractivity contribution in [3.05, 3.63) is 27.7 Å². The number of hydrogen-bond acceptors (Lipinski definition) is 3. The summed E-state index contributed by atoms with van der Waals surface area (Å²) in [6, 6.07) is 3.56. The van der Waals surface area contributed by atoms with Gasteiger partial charge in [-0.2, -0.15) is 0 Å². The quantitative estimate of drug-likeness (QED) is 0.797. The highest BCUT2D eigenvalue weighted by atomic mass is 79.9. The maximum atomic E-state index is 7.59. The van der Waals surface area contributed by atoms with Crippen molar-refractivity contribution in [1.29, 1.82) is 5.41 Å². The van der Waals surface area contributed by atoms with Crippen LogP contribution in [0, 0.1) is 5.41 Å². The number of nitrogens with one attached hydrogen (secondary N) is 1. The van der Waals surface area contributed by atoms with E-state index in [1.807, 2.05) is 0 Å². The normalized spacial score (nSPS) is 13.9. The zero-order valence-electron chi connectivity index (χ0n) is 7.47. The fraction of sp³-hybridized carbons (Fsp3) is 0.111. The summed E-state index contributed by atoms with van der Waals surface area (Å²) >= 11 is 3.37. The molecule has 4 nitrogen and oxygen atoms in total. The summed E-state index contributed by atoms with van der Waals surface area (Å²) in [6.07, 6.45) is 0. The van der Waals surface area contributed by atoms with Gasteiger partial charge >= 0.3 is 0 Å². The number of amidine groups is 2. The maximum absolute atomic E-state index is 7.59. The largest absolute Gasteiger partial charge is 0.497 e. The SMILES string of the molecule is COc1cc(Br)c2c(c1)C(=N)N=C2N. The molecule has 1 aromatic rings. The van der Waals surface area contributed by atoms with Crippen LogP contribution in [0.2, 0.25) is 0 Å². The molecule has 0 bridgehead atoms. The first kappa shape index (κ1) is 9.21. The summed E-state index contributed by atoms with van der Waals surface area (Å²) in [4.78, 5) is 3.89. The standard InChI is InChI=1S/C9H8BrN3O/c1-14-4-2-5-7(6(10)3-4)9(12)13-8(5)11/h2-3H,1H3,(H3,11,12,13). The molecule has 0 saturated carbocycles. The lowest BCUT2D eigenvalue weighted by Gasteiger charge is -2.05. The van der Waals surface area contributed by atoms with Crippen LogP contribution >= 0.6 is 15.9 Å². The van der Waals surface area contributed by atoms with Gasteiger partial charge in [0.2, 0.25) is 0 Å². The third-order valence-electron chi connectivity index (χ3n) is 2.04. The highest BCUT2D eigenvalue weighted by Gasteiger charge is 2.22. The van der Waals surface area contributed by atoms with Crippen LogP contribution in [-0.2, 0) is 0 Å². The zero-order valence-corrected chi connectivity index (χ0v) is 9.05. The van der Waals surface area contributed by atoms with Crippen molar-refractivity contribution < 1.29 is 4.74 Å². The van der Waals surface area contributed by atoms with E-state index in [0.29, 0.717) is 17.1 Å². The topological polar surface area (TPSA) is 71.5 Å². The molecule has 14 heavy (non-hydrogen) atoms. The van der Waals surface area contributed by atoms with Crippen LogP contribution in [0.5, 0.6) is 5.75 Å². The van der Waals surface area contributed by atoms with Crippen LogP contribution in [0.1, 0.15) is 11.1 Å². The summed E-state index contributed by atoms with van der Waals surface area (Å²) in [5, 5.41) is 7.59. The van der Waals surface area contributed by atoms with Gasteiger partial charge in [0.1, 0.15) is 11.6 Å². The Morgan fingerprint density at radius 3 is 2.86 bits per heavy atom. The number of hydrogen-bond donors (Lipinski definition) is 2. The van der Waals surface area contributed by atoms with E-state index in [-0.39, 0.29) is 5.84 Å². The van der Waals surface area contributed by atoms with Gasteiger partial charge in [-0.3, -0.25) is 5.41 Å². The molecule has 1 heterocycles. The van der Waals surface area contributed by atoms with Crippen LogP contribution in [0.4, 0.5) is 0 Å². The number of halogens is 1. The fourth-order valence-corrected chi connectivity index (χ4v) is 2.03. The van der Waals surface area contributed by atoms with Crippen molar-refractivity contribution in [3.8, 4) is 5.75 Å². The van der Waals surface area contributed by atoms with Crippen molar-refractivity contribution in [1.82, 2.24) is 0 Å². The predicted octanol–water partition coefficient (Wildman–Crippen LogP) is 1.50. The highest BCUT2D eigenvalue weighted by Crippen LogP contribution is 2.30. The summed E-state index contributed by atoms with van der Waals surface area (Å²) in [6.45, 7) is 0. The monoisotopic (exact) mass is 253 g/mol. The second-order valence-electron chi connectivity index (χ2n) is 2.88. The molecule has 3 N–H and O–H groups in total. The van der Waals surface area contributed by atoms with E-state index in [1.165, 1.54) is 0 Å². The van der Waals surface area contributed by atoms with Crippen LogP contribution in [0.3, 0.4) is 0 Å². The van der Waals surface area contributed by atoms with Gasteiger partial charge in [-0.05, 0) is 28.1 Å². The molecule has 72 valence electrons. The molecule has 2 rings (SSSR count). The average molecular weight is 254 g/mol. The zero-order chi connectivity index (χ0) is 10.3. The maximum Gasteiger partial charge on any atom is 0.155 e. The van der Waals surface area contributed by atoms with E-state index in [0.717, 1.165) is 10.0 Å². The first-order valence-corrected chi connectivity index (χ1v) is 4.73. The van der Waals surface area contributed by atoms with Gasteiger partial charge in [-0.1, -0.05) is 0 Å². The number of aliphatic imine (C=N–C) groups is 1. The smallest absolute Gasteiger partial charge is 0.155 e. The first-order valence-electron chi connectivity index (χ1n) is 3.94. The van der Waals surface area contributed by atoms with Gasteiger partial charge in [0.25, 0.3) is 0 Å². The Kier molecular flexibility index (Phi) is 2.03. The minimum atomic E-state index is 0.178. The molecule has 0 radical (unpaired) electrons. The molecule has 0 aromatic heterocycles. The lowest BCUT2D eigenvalue weighted by molar-refractivity contribution is 0.414. The molecule has 0 unspecified atom stereocenters. The van der Waals surface area contributed by atoms with Crippen LogP contribution < -0.4 is 10.5 Å². The molecule has 0 saturated heterocycles. The van der Waals surface area contributed by atoms with E-state index in [4.69, 9.17) is 15.9 Å². The second kappa shape index (κ2) is 3.09. The van der Waals surface area contributed by atoms with E-state index in [9.17, 15) is 0 Å². The van der Waals surface area contributed by atoms with Crippen LogP contribution in [0.25, 0.3) is 0 Å². The number of methoxy groups -OCH3 is 1. The molecule has 5 heteroatoms. The fourth-order valence-electron chi connectivity index (χ4n) is 1.38. The van der Waals surface area contributed by atoms with Gasteiger partial charge in [0.05, 0.1) is 7.11 Å². The third kappa shape index (κ3) is 1.21. The molecule has 1 aliphatic rings. The Labute approximate surface area is 89.4 Å². The molecule has 1 aliphatic heterocycles. The minimum Gasteiger partial charge on any atom is -0.497 e. The summed E-state index contributed by atoms with van der Waals surface area (Å²) in [5.41, 5.74) is 7.14. The number of fused-ring (bicyclic) bond motifs is 1. The van der Waals surface area contributed by atoms with E-state index in [2.05, 4.69) is 20.9 Å². The average Bonchev–Trinajstić information content (AvgIpc) is 2.42. The van der Waals surface area contributed by atoms with Gasteiger partial charge in [0.15, 0.2) is 5.84 Å². The summed E-state index contributed by atoms with van der Waals surface area (Å²) < 4.78 is 5.89. The van der Waals surface area contributed by atoms with Gasteiger partial charge < -0.3 is 10.5 Å². The molecule has 0 fully saturated rings. The molecule has 0 atom stereocenters. The van der Waals surface area contributed by atoms with Crippen molar-refractivity contribution in [2.75, 3.05) is 7.11 Å². The van der Waals surface area contributed by atoms with E-state index >= 15 is 0 Å². The Hall–Kier alpha value is -1.36. The minimum absolute atomic E-state index is 0.178. The van der Waals surface area contributed by atoms with E-state index in [1.54, 1.807) is 19.2 Å². The highest BCUT2D eigenvalue weighted by molar-refractivity contribution is 9.10. The molecule has 1 aromatic carbocycles. The van der Waals surface area contributed by atoms with E-state index < -0.39 is 0 Å². The first-order chi connectivity index (χ1) is 6.63. The predicted molar refractivity (Wildman–Crippen MR) is 58.2 cm³/mol. The number of rotatable bonds is 1. The lowest BCUT2D eigenvalue weighted by Crippen LogP contribution is -2.11. The van der Waals surface area contributed by atoms with Crippen molar-refractivity contribution in [2.24, 2.45) is 10.7 Å². The van der Waals surface area contributed by atoms with Gasteiger partial charge in [-0.15, -0.1) is 0 Å². The molecular formula is C9H8BrN3O. The Morgan fingerprint density at radius 1 is 1.50 bits per heavy atom. The summed E-state index contributed by atoms with van der Waals surface area (Å²) in [5.74, 6) is 1.24. The van der Waals surface area contributed by atoms with Crippen molar-refractivity contribution in [2.45, 2.75) is 0 Å². The van der Waals surface area contributed by atoms with Crippen molar-refractivity contribution >= 4 is 27.6 Å². The second-order valence-corrected chi connectivity index (χ2v) is 3.73. The lowest BCUT2D eigenvalue weighted by atomic mass is 10.1. The molecule has 0 spiro atoms. The Morgan fingerprint density at radius 2 is 2.21 bits per heavy atom. The number of benzene rings is 1. The molecule has 0 amide bonds. The number of nitrogens with two attached hydrogens (primary N) is 1. The Bertz CT molecular complexity index is 454. The molecular weight excluding hydrogens is 246 g/mol.